The molecule has 1 N–H and O–H groups in total. The van der Waals surface area contributed by atoms with Crippen LogP contribution in [0.2, 0.25) is 0 Å². The van der Waals surface area contributed by atoms with Crippen LogP contribution >= 0.6 is 0 Å². The quantitative estimate of drug-likeness (QED) is 0.491. The molecule has 0 bridgehead atoms. The zero-order chi connectivity index (χ0) is 23.0. The summed E-state index contributed by atoms with van der Waals surface area (Å²) in [6.07, 6.45) is 5.29. The fourth-order valence-corrected chi connectivity index (χ4v) is 4.61. The largest absolute Gasteiger partial charge is 0.478 e. The summed E-state index contributed by atoms with van der Waals surface area (Å²) in [6, 6.07) is 23.6. The van der Waals surface area contributed by atoms with E-state index in [0.29, 0.717) is 18.5 Å². The summed E-state index contributed by atoms with van der Waals surface area (Å²) in [6.45, 7) is 0.726. The summed E-state index contributed by atoms with van der Waals surface area (Å²) in [7, 11) is 0. The van der Waals surface area contributed by atoms with Crippen molar-refractivity contribution in [1.29, 1.82) is 0 Å². The van der Waals surface area contributed by atoms with E-state index >= 15 is 0 Å². The fourth-order valence-electron chi connectivity index (χ4n) is 4.61. The Morgan fingerprint density at radius 1 is 0.879 bits per heavy atom. The van der Waals surface area contributed by atoms with Crippen LogP contribution in [0.3, 0.4) is 0 Å². The van der Waals surface area contributed by atoms with Crippen LogP contribution in [-0.2, 0) is 24.1 Å². The second-order valence-corrected chi connectivity index (χ2v) is 8.61. The highest BCUT2D eigenvalue weighted by Crippen LogP contribution is 2.32. The lowest BCUT2D eigenvalue weighted by Crippen LogP contribution is -2.31. The molecule has 0 saturated carbocycles. The van der Waals surface area contributed by atoms with Gasteiger partial charge < -0.3 is 10.0 Å². The topological polar surface area (TPSA) is 70.5 Å². The van der Waals surface area contributed by atoms with E-state index in [-0.39, 0.29) is 17.5 Å². The van der Waals surface area contributed by atoms with Crippen molar-refractivity contribution in [3.63, 3.8) is 0 Å². The lowest BCUT2D eigenvalue weighted by Gasteiger charge is -2.25. The number of nitrogens with zero attached hydrogens (tertiary/aromatic N) is 2. The first kappa shape index (κ1) is 22.7. The van der Waals surface area contributed by atoms with Crippen molar-refractivity contribution in [2.75, 3.05) is 6.54 Å². The van der Waals surface area contributed by atoms with Crippen molar-refractivity contribution >= 4 is 11.9 Å². The molecule has 1 fully saturated rings. The van der Waals surface area contributed by atoms with E-state index in [2.05, 4.69) is 12.1 Å². The summed E-state index contributed by atoms with van der Waals surface area (Å²) in [4.78, 5) is 31.5. The maximum Gasteiger partial charge on any atom is 0.337 e. The standard InChI is InChI=1S/C28H30N2O3/c31-27(19-16-22-11-5-2-6-12-22)30-20-8-15-26(30)25-18-17-23(28(32)33)24(29-25)14-7-13-21-9-3-1-4-10-21/h1-6,9-12,17-18,26H,7-8,13-16,19-20H2,(H,32,33). The molecule has 170 valence electrons. The van der Waals surface area contributed by atoms with Crippen LogP contribution in [0, 0.1) is 0 Å². The first-order valence-corrected chi connectivity index (χ1v) is 11.7. The molecule has 0 spiro atoms. The van der Waals surface area contributed by atoms with Gasteiger partial charge in [0.25, 0.3) is 0 Å². The Morgan fingerprint density at radius 2 is 1.55 bits per heavy atom. The van der Waals surface area contributed by atoms with Crippen molar-refractivity contribution in [1.82, 2.24) is 9.88 Å². The van der Waals surface area contributed by atoms with E-state index in [1.807, 2.05) is 53.4 Å². The van der Waals surface area contributed by atoms with Gasteiger partial charge in [0, 0.05) is 13.0 Å². The number of carboxylic acid groups (broad SMARTS) is 1. The molecule has 2 heterocycles. The molecule has 2 aromatic carbocycles. The van der Waals surface area contributed by atoms with E-state index in [0.717, 1.165) is 49.9 Å². The van der Waals surface area contributed by atoms with Gasteiger partial charge in [-0.15, -0.1) is 0 Å². The minimum atomic E-state index is -0.953. The Morgan fingerprint density at radius 3 is 2.21 bits per heavy atom. The Labute approximate surface area is 195 Å². The number of aromatic carboxylic acids is 1. The van der Waals surface area contributed by atoms with Gasteiger partial charge in [-0.05, 0) is 61.8 Å². The molecule has 1 unspecified atom stereocenters. The average Bonchev–Trinajstić information content (AvgIpc) is 3.34. The second-order valence-electron chi connectivity index (χ2n) is 8.61. The number of hydrogen-bond acceptors (Lipinski definition) is 3. The van der Waals surface area contributed by atoms with Crippen LogP contribution in [0.15, 0.2) is 72.8 Å². The van der Waals surface area contributed by atoms with Gasteiger partial charge in [0.05, 0.1) is 23.0 Å². The number of benzene rings is 2. The van der Waals surface area contributed by atoms with E-state index in [1.54, 1.807) is 12.1 Å². The molecule has 3 aromatic rings. The molecule has 1 aliphatic rings. The van der Waals surface area contributed by atoms with Gasteiger partial charge in [-0.3, -0.25) is 9.78 Å². The number of pyridine rings is 1. The SMILES string of the molecule is O=C(O)c1ccc(C2CCCN2C(=O)CCc2ccccc2)nc1CCCc1ccccc1. The number of carboxylic acids is 1. The number of carbonyl (C=O) groups excluding carboxylic acids is 1. The van der Waals surface area contributed by atoms with Crippen molar-refractivity contribution in [3.8, 4) is 0 Å². The number of carbonyl (C=O) groups is 2. The molecule has 4 rings (SSSR count). The number of likely N-dealkylation sites (tertiary alicyclic amines) is 1. The van der Waals surface area contributed by atoms with Gasteiger partial charge in [-0.1, -0.05) is 60.7 Å². The Kier molecular flexibility index (Phi) is 7.51. The highest BCUT2D eigenvalue weighted by molar-refractivity contribution is 5.88. The van der Waals surface area contributed by atoms with Crippen LogP contribution in [0.5, 0.6) is 0 Å². The molecule has 1 atom stereocenters. The van der Waals surface area contributed by atoms with Gasteiger partial charge in [0.1, 0.15) is 0 Å². The minimum Gasteiger partial charge on any atom is -0.478 e. The van der Waals surface area contributed by atoms with Crippen LogP contribution in [0.4, 0.5) is 0 Å². The molecule has 33 heavy (non-hydrogen) atoms. The molecule has 1 aromatic heterocycles. The molecular formula is C28H30N2O3. The maximum atomic E-state index is 13.0. The lowest BCUT2D eigenvalue weighted by atomic mass is 10.0. The monoisotopic (exact) mass is 442 g/mol. The van der Waals surface area contributed by atoms with E-state index < -0.39 is 5.97 Å². The zero-order valence-corrected chi connectivity index (χ0v) is 18.8. The van der Waals surface area contributed by atoms with Crippen molar-refractivity contribution in [2.45, 2.75) is 51.0 Å². The summed E-state index contributed by atoms with van der Waals surface area (Å²) in [5.41, 5.74) is 4.06. The first-order chi connectivity index (χ1) is 16.1. The Bertz CT molecular complexity index is 1080. The van der Waals surface area contributed by atoms with E-state index in [4.69, 9.17) is 4.98 Å². The smallest absolute Gasteiger partial charge is 0.337 e. The van der Waals surface area contributed by atoms with Crippen molar-refractivity contribution in [2.24, 2.45) is 0 Å². The molecule has 0 radical (unpaired) electrons. The third-order valence-electron chi connectivity index (χ3n) is 6.33. The Hall–Kier alpha value is -3.47. The normalized spacial score (nSPS) is 15.5. The lowest BCUT2D eigenvalue weighted by molar-refractivity contribution is -0.132. The fraction of sp³-hybridized carbons (Fsp3) is 0.321. The highest BCUT2D eigenvalue weighted by atomic mass is 16.4. The van der Waals surface area contributed by atoms with Crippen LogP contribution in [-0.4, -0.2) is 33.4 Å². The number of aryl methyl sites for hydroxylation is 3. The molecule has 1 saturated heterocycles. The second kappa shape index (κ2) is 10.9. The van der Waals surface area contributed by atoms with Crippen LogP contribution in [0.1, 0.15) is 64.6 Å². The number of amides is 1. The Balaban J connectivity index is 1.45. The van der Waals surface area contributed by atoms with Crippen LogP contribution in [0.25, 0.3) is 0 Å². The molecule has 0 aliphatic carbocycles. The number of aromatic nitrogens is 1. The van der Waals surface area contributed by atoms with Gasteiger partial charge in [0.2, 0.25) is 5.91 Å². The van der Waals surface area contributed by atoms with E-state index in [1.165, 1.54) is 5.56 Å². The van der Waals surface area contributed by atoms with Crippen LogP contribution < -0.4 is 0 Å². The van der Waals surface area contributed by atoms with Gasteiger partial charge in [-0.2, -0.15) is 0 Å². The third kappa shape index (κ3) is 5.86. The first-order valence-electron chi connectivity index (χ1n) is 11.7. The molecule has 5 heteroatoms. The summed E-state index contributed by atoms with van der Waals surface area (Å²) < 4.78 is 0. The summed E-state index contributed by atoms with van der Waals surface area (Å²) >= 11 is 0. The average molecular weight is 443 g/mol. The third-order valence-corrected chi connectivity index (χ3v) is 6.33. The van der Waals surface area contributed by atoms with Crippen molar-refractivity contribution in [3.05, 3.63) is 101 Å². The minimum absolute atomic E-state index is 0.0796. The predicted molar refractivity (Wildman–Crippen MR) is 128 cm³/mol. The maximum absolute atomic E-state index is 13.0. The summed E-state index contributed by atoms with van der Waals surface area (Å²) in [5, 5.41) is 9.65. The molecule has 1 aliphatic heterocycles. The molecular weight excluding hydrogens is 412 g/mol. The highest BCUT2D eigenvalue weighted by Gasteiger charge is 2.31. The number of hydrogen-bond donors (Lipinski definition) is 1. The molecule has 5 nitrogen and oxygen atoms in total. The van der Waals surface area contributed by atoms with Gasteiger partial charge in [0.15, 0.2) is 0 Å². The summed E-state index contributed by atoms with van der Waals surface area (Å²) in [5.74, 6) is -0.818. The van der Waals surface area contributed by atoms with Gasteiger partial charge in [-0.25, -0.2) is 4.79 Å². The number of rotatable bonds is 9. The van der Waals surface area contributed by atoms with E-state index in [9.17, 15) is 14.7 Å². The molecule has 1 amide bonds. The zero-order valence-electron chi connectivity index (χ0n) is 18.8. The van der Waals surface area contributed by atoms with Gasteiger partial charge >= 0.3 is 5.97 Å². The van der Waals surface area contributed by atoms with Crippen molar-refractivity contribution < 1.29 is 14.7 Å². The predicted octanol–water partition coefficient (Wildman–Crippen LogP) is 5.25.